The van der Waals surface area contributed by atoms with E-state index in [0.717, 1.165) is 11.1 Å². The molecule has 0 bridgehead atoms. The quantitative estimate of drug-likeness (QED) is 0.898. The van der Waals surface area contributed by atoms with Gasteiger partial charge in [0.05, 0.1) is 11.6 Å². The second-order valence-electron chi connectivity index (χ2n) is 6.54. The van der Waals surface area contributed by atoms with Crippen LogP contribution in [0.15, 0.2) is 42.6 Å². The number of benzene rings is 1. The van der Waals surface area contributed by atoms with Gasteiger partial charge in [0.1, 0.15) is 0 Å². The largest absolute Gasteiger partial charge is 0.481 e. The summed E-state index contributed by atoms with van der Waals surface area (Å²) in [4.78, 5) is 17.8. The number of carbonyl (C=O) groups is 1. The molecule has 1 aliphatic rings. The summed E-state index contributed by atoms with van der Waals surface area (Å²) in [5.41, 5.74) is 2.69. The Bertz CT molecular complexity index is 749. The van der Waals surface area contributed by atoms with Crippen LogP contribution in [0.3, 0.4) is 0 Å². The number of nitrogens with zero attached hydrogens (tertiary/aromatic N) is 2. The van der Waals surface area contributed by atoms with Gasteiger partial charge in [0.25, 0.3) is 6.43 Å². The average Bonchev–Trinajstić information content (AvgIpc) is 2.99. The molecule has 2 atom stereocenters. The first-order valence-corrected chi connectivity index (χ1v) is 8.18. The van der Waals surface area contributed by atoms with Crippen LogP contribution in [0.1, 0.15) is 34.7 Å². The minimum Gasteiger partial charge on any atom is -0.481 e. The van der Waals surface area contributed by atoms with Gasteiger partial charge in [-0.05, 0) is 24.6 Å². The lowest BCUT2D eigenvalue weighted by atomic mass is 9.88. The molecule has 132 valence electrons. The highest BCUT2D eigenvalue weighted by atomic mass is 19.3. The van der Waals surface area contributed by atoms with E-state index >= 15 is 0 Å². The molecule has 0 unspecified atom stereocenters. The number of alkyl halides is 2. The Balaban J connectivity index is 1.74. The van der Waals surface area contributed by atoms with Gasteiger partial charge in [-0.1, -0.05) is 29.8 Å². The van der Waals surface area contributed by atoms with Gasteiger partial charge in [-0.3, -0.25) is 14.7 Å². The fourth-order valence-corrected chi connectivity index (χ4v) is 3.39. The van der Waals surface area contributed by atoms with Gasteiger partial charge in [-0.15, -0.1) is 0 Å². The fraction of sp³-hybridized carbons (Fsp3) is 0.368. The molecule has 4 nitrogen and oxygen atoms in total. The third kappa shape index (κ3) is 4.02. The van der Waals surface area contributed by atoms with E-state index < -0.39 is 18.3 Å². The number of aliphatic carboxylic acids is 1. The molecule has 1 N–H and O–H groups in total. The Morgan fingerprint density at radius 2 is 2.12 bits per heavy atom. The topological polar surface area (TPSA) is 53.4 Å². The summed E-state index contributed by atoms with van der Waals surface area (Å²) in [5, 5.41) is 9.57. The Morgan fingerprint density at radius 3 is 2.72 bits per heavy atom. The molecule has 0 amide bonds. The molecule has 1 fully saturated rings. The van der Waals surface area contributed by atoms with Crippen molar-refractivity contribution in [3.63, 3.8) is 0 Å². The van der Waals surface area contributed by atoms with Gasteiger partial charge in [-0.2, -0.15) is 0 Å². The Hall–Kier alpha value is -2.34. The minimum atomic E-state index is -2.53. The van der Waals surface area contributed by atoms with Crippen molar-refractivity contribution < 1.29 is 18.7 Å². The maximum Gasteiger partial charge on any atom is 0.308 e. The second-order valence-corrected chi connectivity index (χ2v) is 6.54. The average molecular weight is 346 g/mol. The number of carboxylic acids is 1. The molecule has 0 saturated carbocycles. The number of rotatable bonds is 5. The predicted octanol–water partition coefficient (Wildman–Crippen LogP) is 3.63. The number of likely N-dealkylation sites (tertiary alicyclic amines) is 1. The lowest BCUT2D eigenvalue weighted by Gasteiger charge is -2.16. The molecule has 0 spiro atoms. The summed E-state index contributed by atoms with van der Waals surface area (Å²) >= 11 is 0. The van der Waals surface area contributed by atoms with E-state index in [1.807, 2.05) is 36.1 Å². The predicted molar refractivity (Wildman–Crippen MR) is 89.5 cm³/mol. The summed E-state index contributed by atoms with van der Waals surface area (Å²) in [6, 6.07) is 10.9. The highest BCUT2D eigenvalue weighted by Gasteiger charge is 2.38. The highest BCUT2D eigenvalue weighted by Crippen LogP contribution is 2.34. The number of aryl methyl sites for hydroxylation is 1. The first kappa shape index (κ1) is 17.5. The highest BCUT2D eigenvalue weighted by molar-refractivity contribution is 5.72. The maximum absolute atomic E-state index is 12.6. The van der Waals surface area contributed by atoms with Crippen LogP contribution >= 0.6 is 0 Å². The van der Waals surface area contributed by atoms with Crippen molar-refractivity contribution in [2.24, 2.45) is 5.92 Å². The molecule has 1 aliphatic heterocycles. The molecule has 6 heteroatoms. The zero-order chi connectivity index (χ0) is 18.0. The zero-order valence-electron chi connectivity index (χ0n) is 13.9. The van der Waals surface area contributed by atoms with Crippen LogP contribution in [0, 0.1) is 12.8 Å². The van der Waals surface area contributed by atoms with Crippen LogP contribution < -0.4 is 0 Å². The lowest BCUT2D eigenvalue weighted by molar-refractivity contribution is -0.141. The molecule has 3 rings (SSSR count). The van der Waals surface area contributed by atoms with Crippen molar-refractivity contribution >= 4 is 5.97 Å². The SMILES string of the molecule is Cc1cccc([C@@H]2CN(Cc3ccc(C(F)F)cn3)C[C@H]2C(=O)O)c1. The number of halogens is 2. The van der Waals surface area contributed by atoms with E-state index in [1.165, 1.54) is 12.3 Å². The van der Waals surface area contributed by atoms with E-state index in [9.17, 15) is 18.7 Å². The van der Waals surface area contributed by atoms with Crippen molar-refractivity contribution in [1.82, 2.24) is 9.88 Å². The van der Waals surface area contributed by atoms with E-state index in [4.69, 9.17) is 0 Å². The third-order valence-electron chi connectivity index (χ3n) is 4.67. The van der Waals surface area contributed by atoms with Crippen molar-refractivity contribution in [2.75, 3.05) is 13.1 Å². The number of carboxylic acid groups (broad SMARTS) is 1. The van der Waals surface area contributed by atoms with Crippen molar-refractivity contribution in [3.8, 4) is 0 Å². The van der Waals surface area contributed by atoms with Crippen LogP contribution in [-0.4, -0.2) is 34.0 Å². The minimum absolute atomic E-state index is 0.0854. The summed E-state index contributed by atoms with van der Waals surface area (Å²) in [7, 11) is 0. The lowest BCUT2D eigenvalue weighted by Crippen LogP contribution is -2.23. The molecular formula is C19H20F2N2O2. The van der Waals surface area contributed by atoms with Crippen LogP contribution in [-0.2, 0) is 11.3 Å². The molecule has 25 heavy (non-hydrogen) atoms. The Labute approximate surface area is 145 Å². The van der Waals surface area contributed by atoms with Crippen molar-refractivity contribution in [2.45, 2.75) is 25.8 Å². The Kier molecular flexibility index (Phi) is 5.08. The van der Waals surface area contributed by atoms with Gasteiger partial charge < -0.3 is 5.11 Å². The maximum atomic E-state index is 12.6. The summed E-state index contributed by atoms with van der Waals surface area (Å²) in [6.07, 6.45) is -1.35. The molecule has 1 saturated heterocycles. The molecule has 0 radical (unpaired) electrons. The molecule has 0 aliphatic carbocycles. The molecule has 1 aromatic carbocycles. The van der Waals surface area contributed by atoms with Crippen LogP contribution in [0.5, 0.6) is 0 Å². The normalized spacial score (nSPS) is 21.0. The van der Waals surface area contributed by atoms with Crippen LogP contribution in [0.2, 0.25) is 0 Å². The smallest absolute Gasteiger partial charge is 0.308 e. The Morgan fingerprint density at radius 1 is 1.32 bits per heavy atom. The van der Waals surface area contributed by atoms with Crippen molar-refractivity contribution in [1.29, 1.82) is 0 Å². The summed E-state index contributed by atoms with van der Waals surface area (Å²) in [5.74, 6) is -1.38. The zero-order valence-corrected chi connectivity index (χ0v) is 13.9. The van der Waals surface area contributed by atoms with Crippen LogP contribution in [0.25, 0.3) is 0 Å². The number of hydrogen-bond acceptors (Lipinski definition) is 3. The van der Waals surface area contributed by atoms with E-state index in [-0.39, 0.29) is 11.5 Å². The standard InChI is InChI=1S/C19H20F2N2O2/c1-12-3-2-4-13(7-12)16-10-23(11-17(16)19(24)25)9-15-6-5-14(8-22-15)18(20)21/h2-8,16-18H,9-11H2,1H3,(H,24,25)/t16-,17+/m0/s1. The van der Waals surface area contributed by atoms with Gasteiger partial charge in [0.15, 0.2) is 0 Å². The number of hydrogen-bond donors (Lipinski definition) is 1. The van der Waals surface area contributed by atoms with Gasteiger partial charge in [0, 0.05) is 37.3 Å². The second kappa shape index (κ2) is 7.27. The van der Waals surface area contributed by atoms with Crippen molar-refractivity contribution in [3.05, 3.63) is 65.0 Å². The van der Waals surface area contributed by atoms with Gasteiger partial charge >= 0.3 is 5.97 Å². The molecule has 1 aromatic heterocycles. The van der Waals surface area contributed by atoms with Crippen LogP contribution in [0.4, 0.5) is 8.78 Å². The van der Waals surface area contributed by atoms with E-state index in [2.05, 4.69) is 4.98 Å². The van der Waals surface area contributed by atoms with E-state index in [1.54, 1.807) is 6.07 Å². The summed E-state index contributed by atoms with van der Waals surface area (Å²) < 4.78 is 25.2. The molecule has 2 heterocycles. The fourth-order valence-electron chi connectivity index (χ4n) is 3.39. The first-order valence-electron chi connectivity index (χ1n) is 8.18. The number of aromatic nitrogens is 1. The molecule has 2 aromatic rings. The monoisotopic (exact) mass is 346 g/mol. The summed E-state index contributed by atoms with van der Waals surface area (Å²) in [6.45, 7) is 3.47. The first-order chi connectivity index (χ1) is 11.9. The van der Waals surface area contributed by atoms with E-state index in [0.29, 0.717) is 25.3 Å². The number of pyridine rings is 1. The molecular weight excluding hydrogens is 326 g/mol. The van der Waals surface area contributed by atoms with Gasteiger partial charge in [0.2, 0.25) is 0 Å². The third-order valence-corrected chi connectivity index (χ3v) is 4.67. The van der Waals surface area contributed by atoms with Gasteiger partial charge in [-0.25, -0.2) is 8.78 Å².